The number of amides is 1. The van der Waals surface area contributed by atoms with Gasteiger partial charge in [0.1, 0.15) is 0 Å². The van der Waals surface area contributed by atoms with Gasteiger partial charge in [0.15, 0.2) is 0 Å². The lowest BCUT2D eigenvalue weighted by molar-refractivity contribution is -0.131. The topological polar surface area (TPSA) is 20.3 Å². The Morgan fingerprint density at radius 2 is 2.27 bits per heavy atom. The molecule has 1 aromatic carbocycles. The van der Waals surface area contributed by atoms with Crippen molar-refractivity contribution in [1.82, 2.24) is 4.90 Å². The Morgan fingerprint density at radius 1 is 1.53 bits per heavy atom. The maximum Gasteiger partial charge on any atom is 0.225 e. The van der Waals surface area contributed by atoms with Crippen LogP contribution in [0, 0.1) is 5.92 Å². The summed E-state index contributed by atoms with van der Waals surface area (Å²) in [5.74, 6) is 0.546. The van der Waals surface area contributed by atoms with Gasteiger partial charge >= 0.3 is 0 Å². The van der Waals surface area contributed by atoms with Crippen molar-refractivity contribution in [3.63, 3.8) is 0 Å². The van der Waals surface area contributed by atoms with Gasteiger partial charge in [-0.2, -0.15) is 0 Å². The monoisotopic (exact) mass is 223 g/mol. The zero-order valence-corrected chi connectivity index (χ0v) is 9.50. The van der Waals surface area contributed by atoms with Crippen molar-refractivity contribution in [3.8, 4) is 0 Å². The molecule has 3 heteroatoms. The fraction of sp³-hybridized carbons (Fsp3) is 0.417. The van der Waals surface area contributed by atoms with E-state index in [1.54, 1.807) is 4.90 Å². The minimum atomic E-state index is 0.259. The number of hydrogen-bond acceptors (Lipinski definition) is 1. The summed E-state index contributed by atoms with van der Waals surface area (Å²) < 4.78 is 0. The minimum absolute atomic E-state index is 0.259. The molecule has 1 amide bonds. The smallest absolute Gasteiger partial charge is 0.225 e. The van der Waals surface area contributed by atoms with Gasteiger partial charge in [-0.05, 0) is 30.5 Å². The summed E-state index contributed by atoms with van der Waals surface area (Å²) in [4.78, 5) is 13.5. The first kappa shape index (κ1) is 10.5. The molecule has 2 rings (SSSR count). The molecule has 0 N–H and O–H groups in total. The Bertz CT molecular complexity index is 374. The molecule has 1 saturated carbocycles. The third-order valence-electron chi connectivity index (χ3n) is 2.61. The fourth-order valence-corrected chi connectivity index (χ4v) is 1.84. The van der Waals surface area contributed by atoms with Gasteiger partial charge in [-0.25, -0.2) is 0 Å². The summed E-state index contributed by atoms with van der Waals surface area (Å²) in [5, 5.41) is 0.722. The van der Waals surface area contributed by atoms with E-state index < -0.39 is 0 Å². The van der Waals surface area contributed by atoms with Crippen LogP contribution >= 0.6 is 11.6 Å². The van der Waals surface area contributed by atoms with E-state index in [0.717, 1.165) is 23.4 Å². The molecule has 1 aliphatic carbocycles. The van der Waals surface area contributed by atoms with Crippen LogP contribution in [0.5, 0.6) is 0 Å². The summed E-state index contributed by atoms with van der Waals surface area (Å²) >= 11 is 5.88. The van der Waals surface area contributed by atoms with Crippen molar-refractivity contribution >= 4 is 17.5 Å². The normalized spacial score (nSPS) is 15.1. The quantitative estimate of drug-likeness (QED) is 0.772. The third kappa shape index (κ3) is 2.72. The van der Waals surface area contributed by atoms with Crippen molar-refractivity contribution in [1.29, 1.82) is 0 Å². The molecule has 80 valence electrons. The van der Waals surface area contributed by atoms with Crippen LogP contribution in [0.15, 0.2) is 24.3 Å². The lowest BCUT2D eigenvalue weighted by Gasteiger charge is -2.16. The number of nitrogens with zero attached hydrogens (tertiary/aromatic N) is 1. The van der Waals surface area contributed by atoms with Crippen LogP contribution in [0.2, 0.25) is 5.02 Å². The van der Waals surface area contributed by atoms with Gasteiger partial charge in [0.25, 0.3) is 0 Å². The highest BCUT2D eigenvalue weighted by Gasteiger charge is 2.31. The van der Waals surface area contributed by atoms with E-state index >= 15 is 0 Å². The van der Waals surface area contributed by atoms with E-state index in [0.29, 0.717) is 6.54 Å². The van der Waals surface area contributed by atoms with Crippen LogP contribution < -0.4 is 0 Å². The number of hydrogen-bond donors (Lipinski definition) is 0. The molecule has 1 fully saturated rings. The zero-order valence-electron chi connectivity index (χ0n) is 8.74. The predicted molar refractivity (Wildman–Crippen MR) is 60.7 cm³/mol. The maximum absolute atomic E-state index is 11.7. The van der Waals surface area contributed by atoms with E-state index in [-0.39, 0.29) is 11.8 Å². The number of rotatable bonds is 3. The number of benzene rings is 1. The molecule has 0 spiro atoms. The molecule has 0 unspecified atom stereocenters. The molecule has 2 nitrogen and oxygen atoms in total. The Balaban J connectivity index is 1.98. The van der Waals surface area contributed by atoms with Crippen molar-refractivity contribution < 1.29 is 4.79 Å². The van der Waals surface area contributed by atoms with E-state index in [9.17, 15) is 4.79 Å². The van der Waals surface area contributed by atoms with Crippen molar-refractivity contribution in [3.05, 3.63) is 34.9 Å². The van der Waals surface area contributed by atoms with Gasteiger partial charge in [-0.1, -0.05) is 23.7 Å². The second-order valence-corrected chi connectivity index (χ2v) is 4.53. The van der Waals surface area contributed by atoms with Crippen molar-refractivity contribution in [2.24, 2.45) is 5.92 Å². The molecule has 0 bridgehead atoms. The van der Waals surface area contributed by atoms with Crippen LogP contribution in [-0.4, -0.2) is 17.9 Å². The largest absolute Gasteiger partial charge is 0.341 e. The van der Waals surface area contributed by atoms with Crippen LogP contribution in [0.25, 0.3) is 0 Å². The van der Waals surface area contributed by atoms with Gasteiger partial charge in [0, 0.05) is 24.5 Å². The maximum atomic E-state index is 11.7. The Hall–Kier alpha value is -1.02. The first-order chi connectivity index (χ1) is 7.16. The Kier molecular flexibility index (Phi) is 2.96. The van der Waals surface area contributed by atoms with E-state index in [1.807, 2.05) is 31.3 Å². The summed E-state index contributed by atoms with van der Waals surface area (Å²) in [7, 11) is 1.85. The number of carbonyl (C=O) groups excluding carboxylic acids is 1. The lowest BCUT2D eigenvalue weighted by atomic mass is 10.2. The molecule has 1 aliphatic rings. The number of carbonyl (C=O) groups is 1. The second kappa shape index (κ2) is 4.23. The molecule has 15 heavy (non-hydrogen) atoms. The number of halogens is 1. The van der Waals surface area contributed by atoms with Gasteiger partial charge in [0.05, 0.1) is 0 Å². The highest BCUT2D eigenvalue weighted by Crippen LogP contribution is 2.31. The zero-order chi connectivity index (χ0) is 10.8. The average molecular weight is 224 g/mol. The molecule has 0 radical (unpaired) electrons. The Labute approximate surface area is 94.8 Å². The third-order valence-corrected chi connectivity index (χ3v) is 2.85. The highest BCUT2D eigenvalue weighted by molar-refractivity contribution is 6.30. The molecule has 0 aliphatic heterocycles. The summed E-state index contributed by atoms with van der Waals surface area (Å²) in [6.45, 7) is 0.649. The Morgan fingerprint density at radius 3 is 2.87 bits per heavy atom. The molecular weight excluding hydrogens is 210 g/mol. The predicted octanol–water partition coefficient (Wildman–Crippen LogP) is 2.71. The molecule has 0 atom stereocenters. The summed E-state index contributed by atoms with van der Waals surface area (Å²) in [6, 6.07) is 7.64. The molecular formula is C12H14ClNO. The van der Waals surface area contributed by atoms with Gasteiger partial charge < -0.3 is 4.90 Å². The van der Waals surface area contributed by atoms with Crippen LogP contribution in [-0.2, 0) is 11.3 Å². The van der Waals surface area contributed by atoms with Crippen LogP contribution in [0.4, 0.5) is 0 Å². The first-order valence-corrected chi connectivity index (χ1v) is 5.54. The van der Waals surface area contributed by atoms with Gasteiger partial charge in [-0.15, -0.1) is 0 Å². The standard InChI is InChI=1S/C12H14ClNO/c1-14(12(15)10-5-6-10)8-9-3-2-4-11(13)7-9/h2-4,7,10H,5-6,8H2,1H3. The molecule has 0 saturated heterocycles. The van der Waals surface area contributed by atoms with Crippen LogP contribution in [0.1, 0.15) is 18.4 Å². The second-order valence-electron chi connectivity index (χ2n) is 4.10. The molecule has 0 aromatic heterocycles. The van der Waals surface area contributed by atoms with Gasteiger partial charge in [0.2, 0.25) is 5.91 Å². The highest BCUT2D eigenvalue weighted by atomic mass is 35.5. The first-order valence-electron chi connectivity index (χ1n) is 5.16. The SMILES string of the molecule is CN(Cc1cccc(Cl)c1)C(=O)C1CC1. The van der Waals surface area contributed by atoms with Crippen molar-refractivity contribution in [2.45, 2.75) is 19.4 Å². The summed E-state index contributed by atoms with van der Waals surface area (Å²) in [6.07, 6.45) is 2.11. The molecule has 0 heterocycles. The molecule has 1 aromatic rings. The summed E-state index contributed by atoms with van der Waals surface area (Å²) in [5.41, 5.74) is 1.08. The minimum Gasteiger partial charge on any atom is -0.341 e. The lowest BCUT2D eigenvalue weighted by Crippen LogP contribution is -2.27. The van der Waals surface area contributed by atoms with E-state index in [4.69, 9.17) is 11.6 Å². The van der Waals surface area contributed by atoms with Crippen LogP contribution in [0.3, 0.4) is 0 Å². The van der Waals surface area contributed by atoms with Crippen molar-refractivity contribution in [2.75, 3.05) is 7.05 Å². The van der Waals surface area contributed by atoms with E-state index in [2.05, 4.69) is 0 Å². The fourth-order valence-electron chi connectivity index (χ4n) is 1.63. The average Bonchev–Trinajstić information content (AvgIpc) is 2.99. The van der Waals surface area contributed by atoms with E-state index in [1.165, 1.54) is 0 Å². The van der Waals surface area contributed by atoms with Gasteiger partial charge in [-0.3, -0.25) is 4.79 Å².